The van der Waals surface area contributed by atoms with Crippen molar-refractivity contribution in [3.05, 3.63) is 5.82 Å². The first-order valence-electron chi connectivity index (χ1n) is 7.43. The predicted molar refractivity (Wildman–Crippen MR) is 72.5 cm³/mol. The standard InChI is InChI=1S/C13H25N5O/c1-2-19-13(8-5-3-4-6-9-13)12-15-16-17-18(12)11-7-10-14/h2-11,14H2,1H3. The molecule has 1 fully saturated rings. The van der Waals surface area contributed by atoms with E-state index in [-0.39, 0.29) is 5.60 Å². The van der Waals surface area contributed by atoms with E-state index in [1.807, 2.05) is 11.6 Å². The van der Waals surface area contributed by atoms with Gasteiger partial charge in [0, 0.05) is 13.2 Å². The van der Waals surface area contributed by atoms with Crippen LogP contribution in [0, 0.1) is 0 Å². The topological polar surface area (TPSA) is 78.9 Å². The van der Waals surface area contributed by atoms with Gasteiger partial charge in [-0.25, -0.2) is 4.68 Å². The van der Waals surface area contributed by atoms with E-state index >= 15 is 0 Å². The van der Waals surface area contributed by atoms with Crippen molar-refractivity contribution in [3.8, 4) is 0 Å². The summed E-state index contributed by atoms with van der Waals surface area (Å²) in [5, 5.41) is 12.2. The molecule has 1 aromatic heterocycles. The summed E-state index contributed by atoms with van der Waals surface area (Å²) >= 11 is 0. The number of nitrogens with two attached hydrogens (primary N) is 1. The molecule has 1 aliphatic rings. The van der Waals surface area contributed by atoms with Crippen LogP contribution in [0.2, 0.25) is 0 Å². The molecule has 0 aromatic carbocycles. The third-order valence-corrected chi connectivity index (χ3v) is 3.85. The van der Waals surface area contributed by atoms with Gasteiger partial charge in [0.25, 0.3) is 0 Å². The predicted octanol–water partition coefficient (Wildman–Crippen LogP) is 1.61. The van der Waals surface area contributed by atoms with Crippen molar-refractivity contribution < 1.29 is 4.74 Å². The van der Waals surface area contributed by atoms with Gasteiger partial charge in [-0.1, -0.05) is 25.7 Å². The molecule has 0 amide bonds. The van der Waals surface area contributed by atoms with E-state index in [1.54, 1.807) is 0 Å². The van der Waals surface area contributed by atoms with Crippen LogP contribution in [-0.2, 0) is 16.9 Å². The minimum absolute atomic E-state index is 0.288. The molecular weight excluding hydrogens is 242 g/mol. The summed E-state index contributed by atoms with van der Waals surface area (Å²) in [5.41, 5.74) is 5.29. The number of ether oxygens (including phenoxy) is 1. The number of rotatable bonds is 6. The van der Waals surface area contributed by atoms with E-state index in [9.17, 15) is 0 Å². The fourth-order valence-electron chi connectivity index (χ4n) is 2.93. The third-order valence-electron chi connectivity index (χ3n) is 3.85. The number of aryl methyl sites for hydroxylation is 1. The van der Waals surface area contributed by atoms with Gasteiger partial charge < -0.3 is 10.5 Å². The molecule has 0 saturated heterocycles. The van der Waals surface area contributed by atoms with Crippen LogP contribution in [0.15, 0.2) is 0 Å². The van der Waals surface area contributed by atoms with E-state index in [0.29, 0.717) is 13.2 Å². The van der Waals surface area contributed by atoms with Crippen molar-refractivity contribution in [1.82, 2.24) is 20.2 Å². The van der Waals surface area contributed by atoms with Gasteiger partial charge in [-0.15, -0.1) is 5.10 Å². The summed E-state index contributed by atoms with van der Waals surface area (Å²) in [6.45, 7) is 4.17. The Labute approximate surface area is 114 Å². The van der Waals surface area contributed by atoms with Gasteiger partial charge in [0.15, 0.2) is 5.82 Å². The highest BCUT2D eigenvalue weighted by Gasteiger charge is 2.38. The lowest BCUT2D eigenvalue weighted by Crippen LogP contribution is -2.33. The summed E-state index contributed by atoms with van der Waals surface area (Å²) in [6, 6.07) is 0. The van der Waals surface area contributed by atoms with E-state index in [1.165, 1.54) is 25.7 Å². The van der Waals surface area contributed by atoms with Gasteiger partial charge in [-0.3, -0.25) is 0 Å². The maximum absolute atomic E-state index is 6.12. The molecule has 1 aliphatic carbocycles. The molecule has 6 heteroatoms. The first-order chi connectivity index (χ1) is 9.32. The van der Waals surface area contributed by atoms with Crippen LogP contribution in [0.1, 0.15) is 57.7 Å². The molecule has 0 bridgehead atoms. The van der Waals surface area contributed by atoms with Crippen LogP contribution in [0.3, 0.4) is 0 Å². The number of tetrazole rings is 1. The molecule has 6 nitrogen and oxygen atoms in total. The second-order valence-corrected chi connectivity index (χ2v) is 5.21. The van der Waals surface area contributed by atoms with E-state index < -0.39 is 0 Å². The van der Waals surface area contributed by atoms with Gasteiger partial charge in [-0.2, -0.15) is 0 Å². The van der Waals surface area contributed by atoms with Gasteiger partial charge >= 0.3 is 0 Å². The van der Waals surface area contributed by atoms with E-state index in [2.05, 4.69) is 15.5 Å². The smallest absolute Gasteiger partial charge is 0.183 e. The molecule has 1 aromatic rings. The first-order valence-corrected chi connectivity index (χ1v) is 7.43. The lowest BCUT2D eigenvalue weighted by atomic mass is 9.93. The zero-order chi connectivity index (χ0) is 13.6. The average Bonchev–Trinajstić information content (AvgIpc) is 2.77. The Bertz CT molecular complexity index is 371. The van der Waals surface area contributed by atoms with Crippen LogP contribution < -0.4 is 5.73 Å². The monoisotopic (exact) mass is 267 g/mol. The van der Waals surface area contributed by atoms with Crippen LogP contribution in [-0.4, -0.2) is 33.4 Å². The van der Waals surface area contributed by atoms with Gasteiger partial charge in [0.2, 0.25) is 0 Å². The van der Waals surface area contributed by atoms with E-state index in [4.69, 9.17) is 10.5 Å². The molecule has 0 spiro atoms. The van der Waals surface area contributed by atoms with Gasteiger partial charge in [-0.05, 0) is 43.2 Å². The Hall–Kier alpha value is -1.01. The van der Waals surface area contributed by atoms with Crippen molar-refractivity contribution in [2.75, 3.05) is 13.2 Å². The highest BCUT2D eigenvalue weighted by molar-refractivity contribution is 5.02. The molecule has 0 radical (unpaired) electrons. The SMILES string of the molecule is CCOC1(c2nnnn2CCCN)CCCCCC1. The van der Waals surface area contributed by atoms with Gasteiger partial charge in [0.1, 0.15) is 5.60 Å². The minimum atomic E-state index is -0.288. The second kappa shape index (κ2) is 6.96. The maximum atomic E-state index is 6.12. The van der Waals surface area contributed by atoms with Crippen LogP contribution >= 0.6 is 0 Å². The van der Waals surface area contributed by atoms with Crippen molar-refractivity contribution in [1.29, 1.82) is 0 Å². The van der Waals surface area contributed by atoms with Crippen LogP contribution in [0.4, 0.5) is 0 Å². The Balaban J connectivity index is 2.24. The fraction of sp³-hybridized carbons (Fsp3) is 0.923. The van der Waals surface area contributed by atoms with Crippen molar-refractivity contribution in [2.24, 2.45) is 5.73 Å². The Morgan fingerprint density at radius 2 is 2.00 bits per heavy atom. The number of nitrogens with zero attached hydrogens (tertiary/aromatic N) is 4. The molecule has 108 valence electrons. The zero-order valence-electron chi connectivity index (χ0n) is 11.8. The number of aromatic nitrogens is 4. The minimum Gasteiger partial charge on any atom is -0.367 e. The molecule has 2 N–H and O–H groups in total. The summed E-state index contributed by atoms with van der Waals surface area (Å²) in [4.78, 5) is 0. The van der Waals surface area contributed by atoms with Crippen LogP contribution in [0.25, 0.3) is 0 Å². The highest BCUT2D eigenvalue weighted by Crippen LogP contribution is 2.38. The Kier molecular flexibility index (Phi) is 5.27. The summed E-state index contributed by atoms with van der Waals surface area (Å²) in [6.07, 6.45) is 7.85. The third kappa shape index (κ3) is 3.30. The zero-order valence-corrected chi connectivity index (χ0v) is 11.8. The molecule has 0 aliphatic heterocycles. The summed E-state index contributed by atoms with van der Waals surface area (Å²) < 4.78 is 8.00. The lowest BCUT2D eigenvalue weighted by molar-refractivity contribution is -0.0655. The normalized spacial score (nSPS) is 19.3. The second-order valence-electron chi connectivity index (χ2n) is 5.21. The molecular formula is C13H25N5O. The summed E-state index contributed by atoms with van der Waals surface area (Å²) in [5.74, 6) is 0.893. The first kappa shape index (κ1) is 14.4. The number of hydrogen-bond acceptors (Lipinski definition) is 5. The molecule has 2 rings (SSSR count). The quantitative estimate of drug-likeness (QED) is 0.792. The largest absolute Gasteiger partial charge is 0.367 e. The van der Waals surface area contributed by atoms with Crippen molar-refractivity contribution >= 4 is 0 Å². The molecule has 1 heterocycles. The van der Waals surface area contributed by atoms with Gasteiger partial charge in [0.05, 0.1) is 0 Å². The average molecular weight is 267 g/mol. The summed E-state index contributed by atoms with van der Waals surface area (Å²) in [7, 11) is 0. The Morgan fingerprint density at radius 3 is 2.63 bits per heavy atom. The number of hydrogen-bond donors (Lipinski definition) is 1. The fourth-order valence-corrected chi connectivity index (χ4v) is 2.93. The highest BCUT2D eigenvalue weighted by atomic mass is 16.5. The van der Waals surface area contributed by atoms with Crippen LogP contribution in [0.5, 0.6) is 0 Å². The molecule has 1 saturated carbocycles. The Morgan fingerprint density at radius 1 is 1.26 bits per heavy atom. The van der Waals surface area contributed by atoms with E-state index in [0.717, 1.165) is 31.6 Å². The molecule has 0 unspecified atom stereocenters. The van der Waals surface area contributed by atoms with Crippen molar-refractivity contribution in [2.45, 2.75) is 64.0 Å². The lowest BCUT2D eigenvalue weighted by Gasteiger charge is -2.31. The molecule has 19 heavy (non-hydrogen) atoms. The van der Waals surface area contributed by atoms with Crippen molar-refractivity contribution in [3.63, 3.8) is 0 Å². The molecule has 0 atom stereocenters. The maximum Gasteiger partial charge on any atom is 0.183 e.